The molecule has 4 rings (SSSR count). The highest BCUT2D eigenvalue weighted by Crippen LogP contribution is 2.41. The lowest BCUT2D eigenvalue weighted by Crippen LogP contribution is -2.55. The number of hydrogen-bond acceptors (Lipinski definition) is 3. The molecule has 2 fully saturated rings. The zero-order valence-corrected chi connectivity index (χ0v) is 15.2. The smallest absolute Gasteiger partial charge is 0.407 e. The second-order valence-corrected chi connectivity index (χ2v) is 7.52. The summed E-state index contributed by atoms with van der Waals surface area (Å²) in [4.78, 5) is 31.8. The maximum Gasteiger partial charge on any atom is 0.407 e. The average molecular weight is 374 g/mol. The predicted octanol–water partition coefficient (Wildman–Crippen LogP) is 3.59. The fourth-order valence-corrected chi connectivity index (χ4v) is 3.80. The number of halogens is 1. The second-order valence-electron chi connectivity index (χ2n) is 7.11. The number of carbonyl (C=O) groups excluding carboxylic acids is 1. The number of hydrogen-bond donors (Lipinski definition) is 1. The number of aromatic nitrogens is 1. The zero-order valence-electron chi connectivity index (χ0n) is 14.5. The lowest BCUT2D eigenvalue weighted by Gasteiger charge is -2.38. The Kier molecular flexibility index (Phi) is 4.23. The summed E-state index contributed by atoms with van der Waals surface area (Å²) in [6.07, 6.45) is 1.33. The first kappa shape index (κ1) is 17.1. The normalized spacial score (nSPS) is 20.5. The monoisotopic (exact) mass is 373 g/mol. The maximum absolute atomic E-state index is 12.9. The van der Waals surface area contributed by atoms with Gasteiger partial charge in [-0.2, -0.15) is 0 Å². The van der Waals surface area contributed by atoms with Crippen molar-refractivity contribution < 1.29 is 14.7 Å². The van der Waals surface area contributed by atoms with E-state index >= 15 is 0 Å². The molecule has 2 amide bonds. The van der Waals surface area contributed by atoms with Gasteiger partial charge in [-0.25, -0.2) is 4.79 Å². The van der Waals surface area contributed by atoms with Crippen molar-refractivity contribution in [3.63, 3.8) is 0 Å². The Morgan fingerprint density at radius 1 is 1.23 bits per heavy atom. The molecule has 0 radical (unpaired) electrons. The minimum atomic E-state index is -0.943. The van der Waals surface area contributed by atoms with Crippen LogP contribution in [0.3, 0.4) is 0 Å². The van der Waals surface area contributed by atoms with Crippen LogP contribution < -0.4 is 0 Å². The maximum atomic E-state index is 12.9. The molecule has 26 heavy (non-hydrogen) atoms. The third-order valence-corrected chi connectivity index (χ3v) is 5.49. The molecule has 1 aromatic carbocycles. The Morgan fingerprint density at radius 2 is 2.00 bits per heavy atom. The standard InChI is InChI=1S/C19H20ClN3O3/c1-11-10-22(19(25)26)6-7-23(11)18(24)13-4-5-14-15(20)9-16(12-2-3-12)21-17(14)8-13/h4-5,8-9,11-12H,2-3,6-7,10H2,1H3,(H,25,26). The molecule has 1 saturated heterocycles. The molecular weight excluding hydrogens is 354 g/mol. The molecule has 1 N–H and O–H groups in total. The molecule has 1 aliphatic carbocycles. The van der Waals surface area contributed by atoms with Crippen LogP contribution in [0.1, 0.15) is 41.7 Å². The number of fused-ring (bicyclic) bond motifs is 1. The number of amides is 2. The molecule has 1 unspecified atom stereocenters. The summed E-state index contributed by atoms with van der Waals surface area (Å²) >= 11 is 6.39. The fraction of sp³-hybridized carbons (Fsp3) is 0.421. The van der Waals surface area contributed by atoms with Gasteiger partial charge in [-0.1, -0.05) is 17.7 Å². The van der Waals surface area contributed by atoms with E-state index < -0.39 is 6.09 Å². The number of rotatable bonds is 2. The van der Waals surface area contributed by atoms with Gasteiger partial charge in [0.05, 0.1) is 10.5 Å². The van der Waals surface area contributed by atoms with Crippen LogP contribution in [0.2, 0.25) is 5.02 Å². The van der Waals surface area contributed by atoms with Gasteiger partial charge in [-0.15, -0.1) is 0 Å². The van der Waals surface area contributed by atoms with E-state index in [1.165, 1.54) is 4.90 Å². The van der Waals surface area contributed by atoms with Gasteiger partial charge >= 0.3 is 6.09 Å². The Balaban J connectivity index is 1.61. The van der Waals surface area contributed by atoms with Gasteiger partial charge in [0.2, 0.25) is 0 Å². The third-order valence-electron chi connectivity index (χ3n) is 5.18. The van der Waals surface area contributed by atoms with Crippen LogP contribution in [-0.2, 0) is 0 Å². The van der Waals surface area contributed by atoms with Gasteiger partial charge in [0, 0.05) is 48.2 Å². The minimum Gasteiger partial charge on any atom is -0.465 e. The first-order chi connectivity index (χ1) is 12.4. The lowest BCUT2D eigenvalue weighted by atomic mass is 10.1. The van der Waals surface area contributed by atoms with Crippen LogP contribution >= 0.6 is 11.6 Å². The molecule has 136 valence electrons. The third kappa shape index (κ3) is 3.09. The van der Waals surface area contributed by atoms with Gasteiger partial charge in [-0.05, 0) is 38.0 Å². The SMILES string of the molecule is CC1CN(C(=O)O)CCN1C(=O)c1ccc2c(Cl)cc(C3CC3)nc2c1. The van der Waals surface area contributed by atoms with E-state index in [4.69, 9.17) is 21.7 Å². The Bertz CT molecular complexity index is 897. The number of piperazine rings is 1. The van der Waals surface area contributed by atoms with E-state index in [2.05, 4.69) is 0 Å². The van der Waals surface area contributed by atoms with Crippen molar-refractivity contribution in [3.8, 4) is 0 Å². The molecule has 1 saturated carbocycles. The number of pyridine rings is 1. The van der Waals surface area contributed by atoms with Crippen LogP contribution in [-0.4, -0.2) is 57.6 Å². The van der Waals surface area contributed by atoms with Gasteiger partial charge in [0.25, 0.3) is 5.91 Å². The first-order valence-electron chi connectivity index (χ1n) is 8.83. The summed E-state index contributed by atoms with van der Waals surface area (Å²) in [5.41, 5.74) is 2.29. The van der Waals surface area contributed by atoms with E-state index in [9.17, 15) is 9.59 Å². The van der Waals surface area contributed by atoms with Crippen LogP contribution in [0.4, 0.5) is 4.79 Å². The van der Waals surface area contributed by atoms with E-state index in [1.807, 2.05) is 19.1 Å². The predicted molar refractivity (Wildman–Crippen MR) is 98.8 cm³/mol. The van der Waals surface area contributed by atoms with E-state index in [1.54, 1.807) is 17.0 Å². The van der Waals surface area contributed by atoms with Gasteiger partial charge in [-0.3, -0.25) is 9.78 Å². The number of benzene rings is 1. The molecule has 6 nitrogen and oxygen atoms in total. The van der Waals surface area contributed by atoms with Crippen LogP contribution in [0.5, 0.6) is 0 Å². The molecule has 2 heterocycles. The van der Waals surface area contributed by atoms with Crippen molar-refractivity contribution in [1.29, 1.82) is 0 Å². The summed E-state index contributed by atoms with van der Waals surface area (Å²) in [6, 6.07) is 7.16. The lowest BCUT2D eigenvalue weighted by molar-refractivity contribution is 0.0484. The summed E-state index contributed by atoms with van der Waals surface area (Å²) in [5, 5.41) is 10.6. The van der Waals surface area contributed by atoms with Crippen LogP contribution in [0.25, 0.3) is 10.9 Å². The van der Waals surface area contributed by atoms with Crippen molar-refractivity contribution in [3.05, 3.63) is 40.5 Å². The molecule has 0 spiro atoms. The topological polar surface area (TPSA) is 73.7 Å². The van der Waals surface area contributed by atoms with Crippen molar-refractivity contribution in [1.82, 2.24) is 14.8 Å². The van der Waals surface area contributed by atoms with Crippen LogP contribution in [0.15, 0.2) is 24.3 Å². The van der Waals surface area contributed by atoms with Crippen molar-refractivity contribution in [2.75, 3.05) is 19.6 Å². The van der Waals surface area contributed by atoms with E-state index in [0.29, 0.717) is 36.1 Å². The molecule has 1 atom stereocenters. The fourth-order valence-electron chi connectivity index (χ4n) is 3.53. The highest BCUT2D eigenvalue weighted by molar-refractivity contribution is 6.35. The highest BCUT2D eigenvalue weighted by Gasteiger charge is 2.30. The second kappa shape index (κ2) is 6.43. The van der Waals surface area contributed by atoms with Gasteiger partial charge < -0.3 is 14.9 Å². The number of nitrogens with zero attached hydrogens (tertiary/aromatic N) is 3. The summed E-state index contributed by atoms with van der Waals surface area (Å²) in [7, 11) is 0. The largest absolute Gasteiger partial charge is 0.465 e. The molecule has 2 aliphatic rings. The number of carbonyl (C=O) groups is 2. The molecule has 0 bridgehead atoms. The van der Waals surface area contributed by atoms with Crippen molar-refractivity contribution in [2.24, 2.45) is 0 Å². The van der Waals surface area contributed by atoms with E-state index in [0.717, 1.165) is 29.4 Å². The molecular formula is C19H20ClN3O3. The zero-order chi connectivity index (χ0) is 18.4. The average Bonchev–Trinajstić information content (AvgIpc) is 3.45. The molecule has 1 aromatic heterocycles. The van der Waals surface area contributed by atoms with Crippen molar-refractivity contribution >= 4 is 34.5 Å². The Labute approximate surface area is 156 Å². The van der Waals surface area contributed by atoms with Gasteiger partial charge in [0.15, 0.2) is 0 Å². The molecule has 2 aromatic rings. The highest BCUT2D eigenvalue weighted by atomic mass is 35.5. The molecule has 1 aliphatic heterocycles. The number of carboxylic acid groups (broad SMARTS) is 1. The summed E-state index contributed by atoms with van der Waals surface area (Å²) < 4.78 is 0. The van der Waals surface area contributed by atoms with Crippen LogP contribution in [0, 0.1) is 0 Å². The molecule has 7 heteroatoms. The Hall–Kier alpha value is -2.34. The quantitative estimate of drug-likeness (QED) is 0.873. The Morgan fingerprint density at radius 3 is 2.65 bits per heavy atom. The summed E-state index contributed by atoms with van der Waals surface area (Å²) in [5.74, 6) is 0.388. The summed E-state index contributed by atoms with van der Waals surface area (Å²) in [6.45, 7) is 2.91. The first-order valence-corrected chi connectivity index (χ1v) is 9.21. The van der Waals surface area contributed by atoms with Gasteiger partial charge in [0.1, 0.15) is 0 Å². The van der Waals surface area contributed by atoms with E-state index in [-0.39, 0.29) is 11.9 Å². The minimum absolute atomic E-state index is 0.0980. The van der Waals surface area contributed by atoms with Crippen molar-refractivity contribution in [2.45, 2.75) is 31.7 Å².